The molecule has 2 heterocycles. The number of anilines is 2. The van der Waals surface area contributed by atoms with Crippen molar-refractivity contribution in [3.8, 4) is 0 Å². The van der Waals surface area contributed by atoms with Gasteiger partial charge in [-0.3, -0.25) is 0 Å². The summed E-state index contributed by atoms with van der Waals surface area (Å²) in [6, 6.07) is 6.97. The molecule has 4 heteroatoms. The van der Waals surface area contributed by atoms with Crippen LogP contribution < -0.4 is 15.5 Å². The van der Waals surface area contributed by atoms with Gasteiger partial charge in [0.1, 0.15) is 6.17 Å². The molecule has 0 aliphatic carbocycles. The average molecular weight is 233 g/mol. The molecule has 2 aliphatic heterocycles. The third kappa shape index (κ3) is 1.33. The first-order valence-electron chi connectivity index (χ1n) is 5.61. The Morgan fingerprint density at radius 3 is 3.19 bits per heavy atom. The Labute approximate surface area is 101 Å². The van der Waals surface area contributed by atoms with Crippen LogP contribution in [0, 0.1) is 0 Å². The summed E-state index contributed by atoms with van der Waals surface area (Å²) in [6.07, 6.45) is 1.27. The van der Waals surface area contributed by atoms with Crippen molar-refractivity contribution in [2.24, 2.45) is 0 Å². The van der Waals surface area contributed by atoms with E-state index < -0.39 is 0 Å². The number of likely N-dealkylation sites (N-methyl/N-ethyl adjacent to an activating group) is 1. The van der Waals surface area contributed by atoms with E-state index in [1.807, 2.05) is 12.4 Å². The van der Waals surface area contributed by atoms with Gasteiger partial charge in [-0.2, -0.15) is 0 Å². The summed E-state index contributed by atoms with van der Waals surface area (Å²) in [4.78, 5) is 2.36. The van der Waals surface area contributed by atoms with Crippen LogP contribution in [0.25, 0.3) is 0 Å². The van der Waals surface area contributed by atoms with E-state index in [0.717, 1.165) is 13.0 Å². The topological polar surface area (TPSA) is 27.3 Å². The van der Waals surface area contributed by atoms with Gasteiger partial charge < -0.3 is 15.5 Å². The fourth-order valence-corrected chi connectivity index (χ4v) is 2.88. The van der Waals surface area contributed by atoms with E-state index in [2.05, 4.69) is 33.7 Å². The van der Waals surface area contributed by atoms with Crippen LogP contribution in [0.15, 0.2) is 18.2 Å². The second kappa shape index (κ2) is 3.71. The smallest absolute Gasteiger partial charge is 0.129 e. The lowest BCUT2D eigenvalue weighted by molar-refractivity contribution is 0.526. The van der Waals surface area contributed by atoms with E-state index in [1.165, 1.54) is 16.9 Å². The Morgan fingerprint density at radius 1 is 1.56 bits per heavy atom. The molecule has 1 aromatic rings. The Hall–Kier alpha value is -1.13. The average Bonchev–Trinajstić information content (AvgIpc) is 2.69. The fraction of sp³-hybridized carbons (Fsp3) is 0.417. The summed E-state index contributed by atoms with van der Waals surface area (Å²) in [5.74, 6) is 0. The number of hydrogen-bond donors (Lipinski definition) is 2. The second-order valence-corrected chi connectivity index (χ2v) is 4.65. The highest BCUT2D eigenvalue weighted by Crippen LogP contribution is 2.40. The summed E-state index contributed by atoms with van der Waals surface area (Å²) in [5.41, 5.74) is 3.98. The van der Waals surface area contributed by atoms with Gasteiger partial charge in [0, 0.05) is 18.0 Å². The third-order valence-electron chi connectivity index (χ3n) is 3.47. The van der Waals surface area contributed by atoms with Crippen LogP contribution >= 0.6 is 12.2 Å². The summed E-state index contributed by atoms with van der Waals surface area (Å²) < 4.78 is 0. The Kier molecular flexibility index (Phi) is 2.33. The highest BCUT2D eigenvalue weighted by molar-refractivity contribution is 7.79. The number of rotatable bonds is 2. The van der Waals surface area contributed by atoms with Crippen LogP contribution in [0.5, 0.6) is 0 Å². The monoisotopic (exact) mass is 233 g/mol. The van der Waals surface area contributed by atoms with Gasteiger partial charge in [-0.1, -0.05) is 24.4 Å². The van der Waals surface area contributed by atoms with E-state index in [-0.39, 0.29) is 6.17 Å². The van der Waals surface area contributed by atoms with Gasteiger partial charge in [0.15, 0.2) is 0 Å². The molecule has 84 valence electrons. The minimum atomic E-state index is 0.169. The molecule has 1 unspecified atom stereocenters. The largest absolute Gasteiger partial charge is 0.360 e. The molecule has 0 radical (unpaired) electrons. The standard InChI is InChI=1S/C12H15N3S/c1-13-9-5-8-3-2-4-10-12(8)15(6-9)11(7-16)14-10/h2-4,7,9,11,13-14H,5-6H2,1H3/t9-,11?/m1/s1. The first-order valence-corrected chi connectivity index (χ1v) is 6.08. The van der Waals surface area contributed by atoms with Gasteiger partial charge in [0.25, 0.3) is 0 Å². The maximum Gasteiger partial charge on any atom is 0.129 e. The second-order valence-electron chi connectivity index (χ2n) is 4.38. The minimum Gasteiger partial charge on any atom is -0.360 e. The molecule has 2 atom stereocenters. The van der Waals surface area contributed by atoms with Crippen LogP contribution in [0.4, 0.5) is 11.4 Å². The number of hydrogen-bond acceptors (Lipinski definition) is 4. The van der Waals surface area contributed by atoms with E-state index >= 15 is 0 Å². The lowest BCUT2D eigenvalue weighted by Crippen LogP contribution is -2.48. The fourth-order valence-electron chi connectivity index (χ4n) is 2.66. The number of nitrogens with one attached hydrogen (secondary N) is 2. The predicted molar refractivity (Wildman–Crippen MR) is 71.4 cm³/mol. The highest BCUT2D eigenvalue weighted by Gasteiger charge is 2.34. The molecule has 0 bridgehead atoms. The van der Waals surface area contributed by atoms with Crippen molar-refractivity contribution >= 4 is 29.0 Å². The molecular weight excluding hydrogens is 218 g/mol. The maximum atomic E-state index is 5.10. The van der Waals surface area contributed by atoms with Gasteiger partial charge in [0.05, 0.1) is 11.4 Å². The maximum absolute atomic E-state index is 5.10. The quantitative estimate of drug-likeness (QED) is 0.755. The van der Waals surface area contributed by atoms with Crippen LogP contribution in [0.2, 0.25) is 0 Å². The Morgan fingerprint density at radius 2 is 2.44 bits per heavy atom. The summed E-state index contributed by atoms with van der Waals surface area (Å²) in [7, 11) is 2.02. The Bertz CT molecular complexity index is 432. The summed E-state index contributed by atoms with van der Waals surface area (Å²) in [6.45, 7) is 1.02. The number of para-hydroxylation sites is 1. The van der Waals surface area contributed by atoms with Crippen LogP contribution in [-0.2, 0) is 6.42 Å². The molecular formula is C12H15N3S. The van der Waals surface area contributed by atoms with Crippen molar-refractivity contribution in [3.05, 3.63) is 23.8 Å². The Balaban J connectivity index is 2.07. The van der Waals surface area contributed by atoms with E-state index in [0.29, 0.717) is 6.04 Å². The molecule has 0 spiro atoms. The van der Waals surface area contributed by atoms with Gasteiger partial charge in [0.2, 0.25) is 0 Å². The van der Waals surface area contributed by atoms with Crippen molar-refractivity contribution in [2.45, 2.75) is 18.6 Å². The first-order chi connectivity index (χ1) is 7.83. The van der Waals surface area contributed by atoms with Crippen LogP contribution in [0.1, 0.15) is 5.56 Å². The number of thiocarbonyl (C=S) groups is 1. The summed E-state index contributed by atoms with van der Waals surface area (Å²) >= 11 is 5.10. The van der Waals surface area contributed by atoms with Crippen molar-refractivity contribution in [3.63, 3.8) is 0 Å². The van der Waals surface area contributed by atoms with Crippen molar-refractivity contribution in [1.82, 2.24) is 5.32 Å². The van der Waals surface area contributed by atoms with Gasteiger partial charge >= 0.3 is 0 Å². The lowest BCUT2D eigenvalue weighted by atomic mass is 9.98. The molecule has 0 fully saturated rings. The molecule has 2 aliphatic rings. The summed E-state index contributed by atoms with van der Waals surface area (Å²) in [5, 5.41) is 8.62. The number of benzene rings is 1. The SMILES string of the molecule is CN[C@@H]1Cc2cccc3c2N(C1)C(C=S)N3. The minimum absolute atomic E-state index is 0.169. The molecule has 3 rings (SSSR count). The molecule has 16 heavy (non-hydrogen) atoms. The lowest BCUT2D eigenvalue weighted by Gasteiger charge is -2.34. The number of nitrogens with zero attached hydrogens (tertiary/aromatic N) is 1. The van der Waals surface area contributed by atoms with Gasteiger partial charge in [-0.25, -0.2) is 0 Å². The van der Waals surface area contributed by atoms with Crippen LogP contribution in [0.3, 0.4) is 0 Å². The molecule has 0 amide bonds. The van der Waals surface area contributed by atoms with Crippen LogP contribution in [-0.4, -0.2) is 31.2 Å². The zero-order chi connectivity index (χ0) is 11.1. The first kappa shape index (κ1) is 10.1. The molecule has 2 N–H and O–H groups in total. The molecule has 3 nitrogen and oxygen atoms in total. The van der Waals surface area contributed by atoms with Crippen molar-refractivity contribution in [2.75, 3.05) is 23.8 Å². The molecule has 0 saturated carbocycles. The molecule has 1 aromatic carbocycles. The van der Waals surface area contributed by atoms with Gasteiger partial charge in [-0.05, 0) is 25.1 Å². The molecule has 0 saturated heterocycles. The van der Waals surface area contributed by atoms with Crippen molar-refractivity contribution in [1.29, 1.82) is 0 Å². The normalized spacial score (nSPS) is 26.2. The van der Waals surface area contributed by atoms with Crippen molar-refractivity contribution < 1.29 is 0 Å². The predicted octanol–water partition coefficient (Wildman–Crippen LogP) is 1.39. The third-order valence-corrected chi connectivity index (χ3v) is 3.72. The zero-order valence-electron chi connectivity index (χ0n) is 9.23. The van der Waals surface area contributed by atoms with E-state index in [4.69, 9.17) is 12.2 Å². The van der Waals surface area contributed by atoms with Gasteiger partial charge in [-0.15, -0.1) is 0 Å². The van der Waals surface area contributed by atoms with E-state index in [9.17, 15) is 0 Å². The molecule has 0 aromatic heterocycles. The highest BCUT2D eigenvalue weighted by atomic mass is 32.1. The van der Waals surface area contributed by atoms with E-state index in [1.54, 1.807) is 0 Å². The zero-order valence-corrected chi connectivity index (χ0v) is 10.1.